The lowest BCUT2D eigenvalue weighted by atomic mass is 10.2. The zero-order chi connectivity index (χ0) is 17.5. The van der Waals surface area contributed by atoms with Crippen LogP contribution < -0.4 is 15.4 Å². The lowest BCUT2D eigenvalue weighted by Gasteiger charge is -2.07. The Morgan fingerprint density at radius 3 is 2.54 bits per heavy atom. The van der Waals surface area contributed by atoms with Crippen LogP contribution in [0.4, 0.5) is 11.4 Å². The Morgan fingerprint density at radius 1 is 1.21 bits per heavy atom. The van der Waals surface area contributed by atoms with Crippen LogP contribution in [0.25, 0.3) is 0 Å². The van der Waals surface area contributed by atoms with Gasteiger partial charge in [0, 0.05) is 16.9 Å². The van der Waals surface area contributed by atoms with Gasteiger partial charge in [0.2, 0.25) is 0 Å². The van der Waals surface area contributed by atoms with E-state index in [2.05, 4.69) is 10.6 Å². The Morgan fingerprint density at radius 2 is 1.92 bits per heavy atom. The third kappa shape index (κ3) is 4.66. The number of carbonyl (C=O) groups is 1. The maximum atomic E-state index is 12.1. The summed E-state index contributed by atoms with van der Waals surface area (Å²) in [5.41, 5.74) is 0.929. The summed E-state index contributed by atoms with van der Waals surface area (Å²) in [6.07, 6.45) is 1.27. The Kier molecular flexibility index (Phi) is 6.07. The molecule has 0 bridgehead atoms. The number of nitriles is 1. The molecule has 24 heavy (non-hydrogen) atoms. The molecule has 0 aliphatic rings. The highest BCUT2D eigenvalue weighted by Gasteiger charge is 2.10. The normalized spacial score (nSPS) is 10.7. The van der Waals surface area contributed by atoms with E-state index in [9.17, 15) is 4.79 Å². The highest BCUT2D eigenvalue weighted by molar-refractivity contribution is 6.35. The van der Waals surface area contributed by atoms with Crippen LogP contribution in [0.5, 0.6) is 5.75 Å². The van der Waals surface area contributed by atoms with Crippen LogP contribution >= 0.6 is 23.2 Å². The van der Waals surface area contributed by atoms with E-state index in [4.69, 9.17) is 33.2 Å². The van der Waals surface area contributed by atoms with Crippen LogP contribution in [0.3, 0.4) is 0 Å². The molecule has 7 heteroatoms. The molecule has 0 radical (unpaired) electrons. The SMILES string of the molecule is COc1ccc(NC(=O)/C(C#N)=C\Nc2cc(Cl)ccc2Cl)cc1. The molecule has 0 fully saturated rings. The Labute approximate surface area is 149 Å². The fraction of sp³-hybridized carbons (Fsp3) is 0.0588. The van der Waals surface area contributed by atoms with Crippen LogP contribution in [0.15, 0.2) is 54.2 Å². The molecule has 122 valence electrons. The van der Waals surface area contributed by atoms with E-state index < -0.39 is 5.91 Å². The molecular formula is C17H13Cl2N3O2. The number of hydrogen-bond acceptors (Lipinski definition) is 4. The molecule has 0 saturated heterocycles. The van der Waals surface area contributed by atoms with Gasteiger partial charge in [-0.1, -0.05) is 23.2 Å². The van der Waals surface area contributed by atoms with Crippen molar-refractivity contribution < 1.29 is 9.53 Å². The van der Waals surface area contributed by atoms with Crippen molar-refractivity contribution in [3.05, 3.63) is 64.3 Å². The van der Waals surface area contributed by atoms with Crippen molar-refractivity contribution >= 4 is 40.5 Å². The lowest BCUT2D eigenvalue weighted by molar-refractivity contribution is -0.112. The molecule has 0 spiro atoms. The number of amides is 1. The van der Waals surface area contributed by atoms with Gasteiger partial charge in [-0.2, -0.15) is 5.26 Å². The van der Waals surface area contributed by atoms with E-state index in [1.165, 1.54) is 6.20 Å². The van der Waals surface area contributed by atoms with Crippen molar-refractivity contribution in [2.24, 2.45) is 0 Å². The molecule has 0 aromatic heterocycles. The minimum absolute atomic E-state index is 0.109. The van der Waals surface area contributed by atoms with Gasteiger partial charge in [-0.3, -0.25) is 4.79 Å². The van der Waals surface area contributed by atoms with E-state index in [0.717, 1.165) is 0 Å². The zero-order valence-electron chi connectivity index (χ0n) is 12.6. The first-order valence-corrected chi connectivity index (χ1v) is 7.56. The van der Waals surface area contributed by atoms with Crippen LogP contribution in [0, 0.1) is 11.3 Å². The number of nitrogens with zero attached hydrogens (tertiary/aromatic N) is 1. The highest BCUT2D eigenvalue weighted by Crippen LogP contribution is 2.25. The first-order valence-electron chi connectivity index (χ1n) is 6.80. The summed E-state index contributed by atoms with van der Waals surface area (Å²) in [4.78, 5) is 12.1. The fourth-order valence-corrected chi connectivity index (χ4v) is 2.12. The van der Waals surface area contributed by atoms with Crippen molar-refractivity contribution in [1.82, 2.24) is 0 Å². The number of rotatable bonds is 5. The summed E-state index contributed by atoms with van der Waals surface area (Å²) in [6, 6.07) is 13.4. The minimum Gasteiger partial charge on any atom is -0.497 e. The van der Waals surface area contributed by atoms with Gasteiger partial charge in [0.25, 0.3) is 5.91 Å². The van der Waals surface area contributed by atoms with Gasteiger partial charge < -0.3 is 15.4 Å². The first kappa shape index (κ1) is 17.7. The number of methoxy groups -OCH3 is 1. The third-order valence-corrected chi connectivity index (χ3v) is 3.58. The lowest BCUT2D eigenvalue weighted by Crippen LogP contribution is -2.14. The van der Waals surface area contributed by atoms with Crippen molar-refractivity contribution in [3.8, 4) is 11.8 Å². The molecular weight excluding hydrogens is 349 g/mol. The van der Waals surface area contributed by atoms with Gasteiger partial charge in [0.15, 0.2) is 0 Å². The van der Waals surface area contributed by atoms with Crippen LogP contribution in [-0.2, 0) is 4.79 Å². The molecule has 2 rings (SSSR count). The largest absolute Gasteiger partial charge is 0.497 e. The van der Waals surface area contributed by atoms with Gasteiger partial charge in [0.1, 0.15) is 17.4 Å². The van der Waals surface area contributed by atoms with E-state index in [1.54, 1.807) is 49.6 Å². The molecule has 0 heterocycles. The summed E-state index contributed by atoms with van der Waals surface area (Å²) in [5.74, 6) is 0.120. The predicted molar refractivity (Wildman–Crippen MR) is 95.4 cm³/mol. The summed E-state index contributed by atoms with van der Waals surface area (Å²) in [5, 5.41) is 15.5. The standard InChI is InChI=1S/C17H13Cl2N3O2/c1-24-14-5-3-13(4-6-14)22-17(23)11(9-20)10-21-16-8-12(18)2-7-15(16)19/h2-8,10,21H,1H3,(H,22,23)/b11-10-. The number of carbonyl (C=O) groups excluding carboxylic acids is 1. The topological polar surface area (TPSA) is 74.1 Å². The van der Waals surface area contributed by atoms with Gasteiger partial charge in [-0.05, 0) is 42.5 Å². The van der Waals surface area contributed by atoms with Crippen LogP contribution in [-0.4, -0.2) is 13.0 Å². The van der Waals surface area contributed by atoms with Crippen LogP contribution in [0.1, 0.15) is 0 Å². The van der Waals surface area contributed by atoms with Gasteiger partial charge in [0.05, 0.1) is 17.8 Å². The fourth-order valence-electron chi connectivity index (χ4n) is 1.78. The highest BCUT2D eigenvalue weighted by atomic mass is 35.5. The van der Waals surface area contributed by atoms with Crippen molar-refractivity contribution in [3.63, 3.8) is 0 Å². The predicted octanol–water partition coefficient (Wildman–Crippen LogP) is 4.46. The number of hydrogen-bond donors (Lipinski definition) is 2. The summed E-state index contributed by atoms with van der Waals surface area (Å²) >= 11 is 11.9. The smallest absolute Gasteiger partial charge is 0.267 e. The molecule has 5 nitrogen and oxygen atoms in total. The second-order valence-electron chi connectivity index (χ2n) is 4.62. The number of ether oxygens (including phenoxy) is 1. The maximum absolute atomic E-state index is 12.1. The molecule has 0 saturated carbocycles. The zero-order valence-corrected chi connectivity index (χ0v) is 14.2. The van der Waals surface area contributed by atoms with Gasteiger partial charge in [-0.25, -0.2) is 0 Å². The van der Waals surface area contributed by atoms with Crippen LogP contribution in [0.2, 0.25) is 10.0 Å². The molecule has 1 amide bonds. The average molecular weight is 362 g/mol. The van der Waals surface area contributed by atoms with Gasteiger partial charge in [-0.15, -0.1) is 0 Å². The minimum atomic E-state index is -0.548. The van der Waals surface area contributed by atoms with E-state index in [1.807, 2.05) is 6.07 Å². The third-order valence-electron chi connectivity index (χ3n) is 3.01. The summed E-state index contributed by atoms with van der Waals surface area (Å²) in [6.45, 7) is 0. The second-order valence-corrected chi connectivity index (χ2v) is 5.46. The Balaban J connectivity index is 2.10. The molecule has 2 N–H and O–H groups in total. The first-order chi connectivity index (χ1) is 11.5. The van der Waals surface area contributed by atoms with Crippen molar-refractivity contribution in [2.45, 2.75) is 0 Å². The number of halogens is 2. The Bertz CT molecular complexity index is 812. The van der Waals surface area contributed by atoms with E-state index >= 15 is 0 Å². The molecule has 0 aliphatic carbocycles. The van der Waals surface area contributed by atoms with Gasteiger partial charge >= 0.3 is 0 Å². The van der Waals surface area contributed by atoms with E-state index in [0.29, 0.717) is 27.2 Å². The van der Waals surface area contributed by atoms with Crippen molar-refractivity contribution in [1.29, 1.82) is 5.26 Å². The quantitative estimate of drug-likeness (QED) is 0.608. The Hall–Kier alpha value is -2.68. The monoisotopic (exact) mass is 361 g/mol. The summed E-state index contributed by atoms with van der Waals surface area (Å²) in [7, 11) is 1.55. The number of benzene rings is 2. The molecule has 0 aliphatic heterocycles. The number of anilines is 2. The number of nitrogens with one attached hydrogen (secondary N) is 2. The van der Waals surface area contributed by atoms with Crippen molar-refractivity contribution in [2.75, 3.05) is 17.7 Å². The second kappa shape index (κ2) is 8.25. The molecule has 2 aromatic carbocycles. The molecule has 0 atom stereocenters. The molecule has 0 unspecified atom stereocenters. The van der Waals surface area contributed by atoms with E-state index in [-0.39, 0.29) is 5.57 Å². The average Bonchev–Trinajstić information content (AvgIpc) is 2.59. The maximum Gasteiger partial charge on any atom is 0.267 e. The molecule has 2 aromatic rings. The summed E-state index contributed by atoms with van der Waals surface area (Å²) < 4.78 is 5.04.